The van der Waals surface area contributed by atoms with E-state index in [2.05, 4.69) is 55.7 Å². The zero-order valence-corrected chi connectivity index (χ0v) is 16.3. The van der Waals surface area contributed by atoms with E-state index >= 15 is 0 Å². The molecule has 0 saturated carbocycles. The summed E-state index contributed by atoms with van der Waals surface area (Å²) < 4.78 is 0. The molecule has 0 saturated heterocycles. The number of carbonyl (C=O) groups is 2. The summed E-state index contributed by atoms with van der Waals surface area (Å²) in [6, 6.07) is 15.2. The molecule has 0 heterocycles. The number of anilines is 1. The molecule has 5 heteroatoms. The van der Waals surface area contributed by atoms with Gasteiger partial charge in [-0.1, -0.05) is 51.5 Å². The summed E-state index contributed by atoms with van der Waals surface area (Å²) in [4.78, 5) is 23.4. The third kappa shape index (κ3) is 6.22. The van der Waals surface area contributed by atoms with Crippen molar-refractivity contribution in [3.05, 3.63) is 65.2 Å². The molecule has 0 radical (unpaired) electrons. The lowest BCUT2D eigenvalue weighted by Crippen LogP contribution is -2.33. The standard InChI is InChI=1S/C22H29N3O2/c1-4-5-16-6-8-17(9-7-16)21(15(2)3)24-14-20(26)25-19-12-10-18(11-13-19)22(23)27/h6-13,15,21,24H,4-5,14H2,1-3H3,(H2,23,27)(H,25,26)/t21-/m0/s1. The van der Waals surface area contributed by atoms with Crippen molar-refractivity contribution in [3.8, 4) is 0 Å². The summed E-state index contributed by atoms with van der Waals surface area (Å²) in [5.74, 6) is -0.265. The van der Waals surface area contributed by atoms with Crippen LogP contribution in [0.2, 0.25) is 0 Å². The maximum atomic E-state index is 12.3. The lowest BCUT2D eigenvalue weighted by atomic mass is 9.94. The highest BCUT2D eigenvalue weighted by molar-refractivity contribution is 5.95. The predicted octanol–water partition coefficient (Wildman–Crippen LogP) is 3.66. The van der Waals surface area contributed by atoms with E-state index in [1.807, 2.05) is 0 Å². The van der Waals surface area contributed by atoms with Gasteiger partial charge in [0.25, 0.3) is 0 Å². The molecule has 0 aromatic heterocycles. The fourth-order valence-corrected chi connectivity index (χ4v) is 3.04. The Morgan fingerprint density at radius 3 is 2.15 bits per heavy atom. The Labute approximate surface area is 161 Å². The van der Waals surface area contributed by atoms with Gasteiger partial charge in [-0.3, -0.25) is 9.59 Å². The van der Waals surface area contributed by atoms with Gasteiger partial charge in [0.1, 0.15) is 0 Å². The Morgan fingerprint density at radius 2 is 1.63 bits per heavy atom. The minimum absolute atomic E-state index is 0.101. The molecule has 0 aliphatic rings. The maximum absolute atomic E-state index is 12.3. The second-order valence-electron chi connectivity index (χ2n) is 7.08. The number of rotatable bonds is 9. The van der Waals surface area contributed by atoms with Crippen molar-refractivity contribution in [2.45, 2.75) is 39.7 Å². The molecule has 5 nitrogen and oxygen atoms in total. The molecule has 0 unspecified atom stereocenters. The first-order valence-electron chi connectivity index (χ1n) is 9.42. The first kappa shape index (κ1) is 20.6. The quantitative estimate of drug-likeness (QED) is 0.632. The lowest BCUT2D eigenvalue weighted by molar-refractivity contribution is -0.115. The average molecular weight is 367 g/mol. The summed E-state index contributed by atoms with van der Waals surface area (Å²) in [5.41, 5.74) is 8.79. The molecule has 4 N–H and O–H groups in total. The summed E-state index contributed by atoms with van der Waals surface area (Å²) in [7, 11) is 0. The van der Waals surface area contributed by atoms with E-state index in [4.69, 9.17) is 5.73 Å². The number of primary amides is 1. The summed E-state index contributed by atoms with van der Waals surface area (Å²) in [6.07, 6.45) is 2.21. The second-order valence-corrected chi connectivity index (χ2v) is 7.08. The van der Waals surface area contributed by atoms with Crippen molar-refractivity contribution in [1.29, 1.82) is 0 Å². The van der Waals surface area contributed by atoms with Crippen LogP contribution in [0.15, 0.2) is 48.5 Å². The van der Waals surface area contributed by atoms with Crippen LogP contribution in [0.3, 0.4) is 0 Å². The second kappa shape index (κ2) is 9.88. The monoisotopic (exact) mass is 367 g/mol. The fraction of sp³-hybridized carbons (Fsp3) is 0.364. The summed E-state index contributed by atoms with van der Waals surface area (Å²) in [6.45, 7) is 6.65. The van der Waals surface area contributed by atoms with E-state index in [0.717, 1.165) is 12.8 Å². The van der Waals surface area contributed by atoms with Gasteiger partial charge in [-0.15, -0.1) is 0 Å². The van der Waals surface area contributed by atoms with Crippen LogP contribution >= 0.6 is 0 Å². The maximum Gasteiger partial charge on any atom is 0.248 e. The van der Waals surface area contributed by atoms with Crippen LogP contribution in [0, 0.1) is 5.92 Å². The predicted molar refractivity (Wildman–Crippen MR) is 110 cm³/mol. The van der Waals surface area contributed by atoms with Gasteiger partial charge in [-0.25, -0.2) is 0 Å². The summed E-state index contributed by atoms with van der Waals surface area (Å²) in [5, 5.41) is 6.18. The third-order valence-electron chi connectivity index (χ3n) is 4.48. The normalized spacial score (nSPS) is 12.0. The number of amides is 2. The number of nitrogens with two attached hydrogens (primary N) is 1. The van der Waals surface area contributed by atoms with Crippen molar-refractivity contribution in [2.24, 2.45) is 11.7 Å². The molecule has 2 rings (SSSR count). The van der Waals surface area contributed by atoms with Crippen LogP contribution in [0.4, 0.5) is 5.69 Å². The van der Waals surface area contributed by atoms with Gasteiger partial charge < -0.3 is 16.4 Å². The Kier molecular flexibility index (Phi) is 7.55. The van der Waals surface area contributed by atoms with Crippen LogP contribution < -0.4 is 16.4 Å². The number of nitrogens with one attached hydrogen (secondary N) is 2. The molecule has 0 aliphatic heterocycles. The highest BCUT2D eigenvalue weighted by atomic mass is 16.2. The molecule has 2 amide bonds. The van der Waals surface area contributed by atoms with E-state index in [1.165, 1.54) is 11.1 Å². The molecular weight excluding hydrogens is 338 g/mol. The molecule has 0 aliphatic carbocycles. The minimum atomic E-state index is -0.487. The van der Waals surface area contributed by atoms with Crippen LogP contribution in [0.1, 0.15) is 54.7 Å². The molecule has 2 aromatic rings. The molecule has 0 bridgehead atoms. The summed E-state index contributed by atoms with van der Waals surface area (Å²) >= 11 is 0. The number of carbonyl (C=O) groups excluding carboxylic acids is 2. The minimum Gasteiger partial charge on any atom is -0.366 e. The fourth-order valence-electron chi connectivity index (χ4n) is 3.04. The van der Waals surface area contributed by atoms with E-state index in [1.54, 1.807) is 24.3 Å². The van der Waals surface area contributed by atoms with E-state index < -0.39 is 5.91 Å². The van der Waals surface area contributed by atoms with Crippen LogP contribution in [-0.2, 0) is 11.2 Å². The number of aryl methyl sites for hydroxylation is 1. The zero-order valence-electron chi connectivity index (χ0n) is 16.3. The first-order chi connectivity index (χ1) is 12.9. The largest absolute Gasteiger partial charge is 0.366 e. The Hall–Kier alpha value is -2.66. The van der Waals surface area contributed by atoms with Gasteiger partial charge in [0.15, 0.2) is 0 Å². The van der Waals surface area contributed by atoms with Crippen molar-refractivity contribution >= 4 is 17.5 Å². The van der Waals surface area contributed by atoms with Crippen molar-refractivity contribution in [2.75, 3.05) is 11.9 Å². The molecular formula is C22H29N3O2. The Bertz CT molecular complexity index is 752. The molecule has 27 heavy (non-hydrogen) atoms. The number of benzene rings is 2. The van der Waals surface area contributed by atoms with Crippen LogP contribution in [0.5, 0.6) is 0 Å². The Morgan fingerprint density at radius 1 is 1.00 bits per heavy atom. The Balaban J connectivity index is 1.94. The topological polar surface area (TPSA) is 84.2 Å². The first-order valence-corrected chi connectivity index (χ1v) is 9.42. The van der Waals surface area contributed by atoms with Gasteiger partial charge in [0, 0.05) is 17.3 Å². The van der Waals surface area contributed by atoms with Gasteiger partial charge in [0.2, 0.25) is 11.8 Å². The van der Waals surface area contributed by atoms with E-state index in [0.29, 0.717) is 17.2 Å². The van der Waals surface area contributed by atoms with Gasteiger partial charge >= 0.3 is 0 Å². The van der Waals surface area contributed by atoms with Crippen molar-refractivity contribution in [3.63, 3.8) is 0 Å². The third-order valence-corrected chi connectivity index (χ3v) is 4.48. The number of hydrogen-bond acceptors (Lipinski definition) is 3. The average Bonchev–Trinajstić information content (AvgIpc) is 2.63. The number of hydrogen-bond donors (Lipinski definition) is 3. The van der Waals surface area contributed by atoms with Crippen molar-refractivity contribution in [1.82, 2.24) is 5.32 Å². The highest BCUT2D eigenvalue weighted by Gasteiger charge is 2.16. The smallest absolute Gasteiger partial charge is 0.248 e. The molecule has 0 spiro atoms. The SMILES string of the molecule is CCCc1ccc([C@@H](NCC(=O)Nc2ccc(C(N)=O)cc2)C(C)C)cc1. The molecule has 144 valence electrons. The zero-order chi connectivity index (χ0) is 19.8. The molecule has 1 atom stereocenters. The van der Waals surface area contributed by atoms with Crippen LogP contribution in [0.25, 0.3) is 0 Å². The van der Waals surface area contributed by atoms with Crippen molar-refractivity contribution < 1.29 is 9.59 Å². The molecule has 0 fully saturated rings. The highest BCUT2D eigenvalue weighted by Crippen LogP contribution is 2.22. The van der Waals surface area contributed by atoms with Crippen LogP contribution in [-0.4, -0.2) is 18.4 Å². The van der Waals surface area contributed by atoms with E-state index in [-0.39, 0.29) is 18.5 Å². The van der Waals surface area contributed by atoms with Gasteiger partial charge in [-0.05, 0) is 47.7 Å². The molecule has 2 aromatic carbocycles. The van der Waals surface area contributed by atoms with E-state index in [9.17, 15) is 9.59 Å². The van der Waals surface area contributed by atoms with Gasteiger partial charge in [0.05, 0.1) is 6.54 Å². The lowest BCUT2D eigenvalue weighted by Gasteiger charge is -2.23. The van der Waals surface area contributed by atoms with Gasteiger partial charge in [-0.2, -0.15) is 0 Å².